The third kappa shape index (κ3) is 6.87. The second kappa shape index (κ2) is 8.19. The van der Waals surface area contributed by atoms with E-state index in [1.165, 1.54) is 4.90 Å². The van der Waals surface area contributed by atoms with Crippen LogP contribution in [0, 0.1) is 0 Å². The Morgan fingerprint density at radius 2 is 1.47 bits per heavy atom. The highest BCUT2D eigenvalue weighted by atomic mass is 16.5. The van der Waals surface area contributed by atoms with Gasteiger partial charge in [-0.2, -0.15) is 0 Å². The predicted octanol–water partition coefficient (Wildman–Crippen LogP) is -0.636. The second-order valence-corrected chi connectivity index (χ2v) is 2.74. The minimum atomic E-state index is -0.476. The summed E-state index contributed by atoms with van der Waals surface area (Å²) in [5, 5.41) is 8.87. The SMILES string of the molecule is CCOC(=O)CN(CO)CC(=O)OCC. The van der Waals surface area contributed by atoms with Crippen LogP contribution < -0.4 is 0 Å². The van der Waals surface area contributed by atoms with Crippen LogP contribution in [0.4, 0.5) is 0 Å². The highest BCUT2D eigenvalue weighted by Crippen LogP contribution is 1.91. The number of carbonyl (C=O) groups excluding carboxylic acids is 2. The lowest BCUT2D eigenvalue weighted by molar-refractivity contribution is -0.149. The van der Waals surface area contributed by atoms with Gasteiger partial charge in [0.2, 0.25) is 0 Å². The molecule has 0 saturated heterocycles. The van der Waals surface area contributed by atoms with Crippen LogP contribution in [0.3, 0.4) is 0 Å². The predicted molar refractivity (Wildman–Crippen MR) is 51.9 cm³/mol. The van der Waals surface area contributed by atoms with Gasteiger partial charge in [0.1, 0.15) is 0 Å². The molecule has 0 atom stereocenters. The lowest BCUT2D eigenvalue weighted by atomic mass is 10.5. The summed E-state index contributed by atoms with van der Waals surface area (Å²) < 4.78 is 9.34. The fourth-order valence-corrected chi connectivity index (χ4v) is 0.934. The van der Waals surface area contributed by atoms with Crippen molar-refractivity contribution in [2.45, 2.75) is 13.8 Å². The van der Waals surface area contributed by atoms with Crippen LogP contribution in [-0.4, -0.2) is 55.0 Å². The molecule has 0 bridgehead atoms. The number of esters is 2. The average Bonchev–Trinajstić information content (AvgIpc) is 2.17. The topological polar surface area (TPSA) is 76.1 Å². The van der Waals surface area contributed by atoms with Crippen molar-refractivity contribution in [2.24, 2.45) is 0 Å². The van der Waals surface area contributed by atoms with E-state index in [4.69, 9.17) is 5.11 Å². The molecule has 0 radical (unpaired) electrons. The summed E-state index contributed by atoms with van der Waals surface area (Å²) in [5.41, 5.74) is 0. The van der Waals surface area contributed by atoms with E-state index in [9.17, 15) is 9.59 Å². The molecular formula is C9H17NO5. The Morgan fingerprint density at radius 1 is 1.07 bits per heavy atom. The number of hydrogen-bond donors (Lipinski definition) is 1. The summed E-state index contributed by atoms with van der Waals surface area (Å²) >= 11 is 0. The lowest BCUT2D eigenvalue weighted by Gasteiger charge is -2.16. The zero-order valence-corrected chi connectivity index (χ0v) is 9.06. The molecule has 0 aromatic rings. The maximum atomic E-state index is 11.0. The van der Waals surface area contributed by atoms with Crippen molar-refractivity contribution >= 4 is 11.9 Å². The van der Waals surface area contributed by atoms with Crippen LogP contribution in [0.5, 0.6) is 0 Å². The van der Waals surface area contributed by atoms with Gasteiger partial charge in [0, 0.05) is 0 Å². The fourth-order valence-electron chi connectivity index (χ4n) is 0.934. The van der Waals surface area contributed by atoms with Crippen LogP contribution in [0.15, 0.2) is 0 Å². The van der Waals surface area contributed by atoms with E-state index in [1.54, 1.807) is 13.8 Å². The smallest absolute Gasteiger partial charge is 0.320 e. The third-order valence-corrected chi connectivity index (χ3v) is 1.52. The quantitative estimate of drug-likeness (QED) is 0.453. The monoisotopic (exact) mass is 219 g/mol. The van der Waals surface area contributed by atoms with E-state index in [-0.39, 0.29) is 26.3 Å². The highest BCUT2D eigenvalue weighted by molar-refractivity contribution is 5.74. The van der Waals surface area contributed by atoms with Crippen molar-refractivity contribution < 1.29 is 24.2 Å². The maximum absolute atomic E-state index is 11.0. The van der Waals surface area contributed by atoms with Gasteiger partial charge in [-0.1, -0.05) is 0 Å². The summed E-state index contributed by atoms with van der Waals surface area (Å²) in [5.74, 6) is -0.952. The van der Waals surface area contributed by atoms with E-state index >= 15 is 0 Å². The molecule has 1 N–H and O–H groups in total. The van der Waals surface area contributed by atoms with Gasteiger partial charge < -0.3 is 14.6 Å². The molecule has 0 heterocycles. The first-order valence-corrected chi connectivity index (χ1v) is 4.78. The van der Waals surface area contributed by atoms with Crippen molar-refractivity contribution in [3.05, 3.63) is 0 Å². The summed E-state index contributed by atoms with van der Waals surface area (Å²) in [4.78, 5) is 23.3. The van der Waals surface area contributed by atoms with Crippen molar-refractivity contribution in [2.75, 3.05) is 33.0 Å². The number of hydrogen-bond acceptors (Lipinski definition) is 6. The van der Waals surface area contributed by atoms with Crippen molar-refractivity contribution in [1.29, 1.82) is 0 Å². The van der Waals surface area contributed by atoms with E-state index in [0.717, 1.165) is 0 Å². The minimum absolute atomic E-state index is 0.122. The molecule has 0 aliphatic carbocycles. The molecule has 6 nitrogen and oxygen atoms in total. The van der Waals surface area contributed by atoms with E-state index < -0.39 is 18.7 Å². The summed E-state index contributed by atoms with van der Waals surface area (Å²) in [6.07, 6.45) is 0. The zero-order chi connectivity index (χ0) is 11.7. The largest absolute Gasteiger partial charge is 0.465 e. The van der Waals surface area contributed by atoms with Gasteiger partial charge >= 0.3 is 11.9 Å². The van der Waals surface area contributed by atoms with Gasteiger partial charge in [0.05, 0.1) is 33.0 Å². The molecule has 0 spiro atoms. The first-order chi connectivity index (χ1) is 7.13. The Hall–Kier alpha value is -1.14. The molecule has 0 aromatic heterocycles. The Kier molecular flexibility index (Phi) is 7.57. The van der Waals surface area contributed by atoms with Crippen LogP contribution >= 0.6 is 0 Å². The van der Waals surface area contributed by atoms with Crippen molar-refractivity contribution in [1.82, 2.24) is 4.90 Å². The molecule has 0 saturated carbocycles. The van der Waals surface area contributed by atoms with Crippen LogP contribution in [0.25, 0.3) is 0 Å². The minimum Gasteiger partial charge on any atom is -0.465 e. The molecule has 0 rings (SSSR count). The van der Waals surface area contributed by atoms with Gasteiger partial charge in [-0.3, -0.25) is 14.5 Å². The molecule has 88 valence electrons. The van der Waals surface area contributed by atoms with Crippen molar-refractivity contribution in [3.63, 3.8) is 0 Å². The Morgan fingerprint density at radius 3 is 1.73 bits per heavy atom. The van der Waals surface area contributed by atoms with Crippen molar-refractivity contribution in [3.8, 4) is 0 Å². The van der Waals surface area contributed by atoms with Crippen LogP contribution in [-0.2, 0) is 19.1 Å². The average molecular weight is 219 g/mol. The number of nitrogens with zero attached hydrogens (tertiary/aromatic N) is 1. The van der Waals surface area contributed by atoms with Gasteiger partial charge in [0.15, 0.2) is 0 Å². The normalized spacial score (nSPS) is 10.1. The molecular weight excluding hydrogens is 202 g/mol. The Labute approximate surface area is 88.8 Å². The zero-order valence-electron chi connectivity index (χ0n) is 9.06. The van der Waals surface area contributed by atoms with Gasteiger partial charge in [-0.25, -0.2) is 0 Å². The number of ether oxygens (including phenoxy) is 2. The van der Waals surface area contributed by atoms with Gasteiger partial charge in [-0.05, 0) is 13.8 Å². The number of rotatable bonds is 7. The Balaban J connectivity index is 3.91. The van der Waals surface area contributed by atoms with E-state index in [0.29, 0.717) is 0 Å². The molecule has 0 aliphatic heterocycles. The summed E-state index contributed by atoms with van der Waals surface area (Å²) in [6.45, 7) is 3.29. The number of carbonyl (C=O) groups is 2. The van der Waals surface area contributed by atoms with Gasteiger partial charge in [0.25, 0.3) is 0 Å². The summed E-state index contributed by atoms with van der Waals surface area (Å²) in [7, 11) is 0. The fraction of sp³-hybridized carbons (Fsp3) is 0.778. The van der Waals surface area contributed by atoms with E-state index in [1.807, 2.05) is 0 Å². The maximum Gasteiger partial charge on any atom is 0.320 e. The van der Waals surface area contributed by atoms with Gasteiger partial charge in [-0.15, -0.1) is 0 Å². The van der Waals surface area contributed by atoms with E-state index in [2.05, 4.69) is 9.47 Å². The highest BCUT2D eigenvalue weighted by Gasteiger charge is 2.14. The first kappa shape index (κ1) is 13.9. The van der Waals surface area contributed by atoms with Crippen LogP contribution in [0.1, 0.15) is 13.8 Å². The molecule has 0 amide bonds. The molecule has 0 aromatic carbocycles. The first-order valence-electron chi connectivity index (χ1n) is 4.78. The molecule has 15 heavy (non-hydrogen) atoms. The molecule has 6 heteroatoms. The standard InChI is InChI=1S/C9H17NO5/c1-3-14-8(12)5-10(7-11)6-9(13)15-4-2/h11H,3-7H2,1-2H3. The number of aliphatic hydroxyl groups is 1. The summed E-state index contributed by atoms with van der Waals surface area (Å²) in [6, 6.07) is 0. The molecule has 0 fully saturated rings. The lowest BCUT2D eigenvalue weighted by Crippen LogP contribution is -2.36. The third-order valence-electron chi connectivity index (χ3n) is 1.52. The second-order valence-electron chi connectivity index (χ2n) is 2.74. The van der Waals surface area contributed by atoms with Crippen LogP contribution in [0.2, 0.25) is 0 Å². The molecule has 0 unspecified atom stereocenters. The molecule has 0 aliphatic rings. The number of aliphatic hydroxyl groups excluding tert-OH is 1. The Bertz CT molecular complexity index is 187.